The van der Waals surface area contributed by atoms with Crippen molar-refractivity contribution in [1.29, 1.82) is 0 Å². The van der Waals surface area contributed by atoms with E-state index >= 15 is 0 Å². The third-order valence-corrected chi connectivity index (χ3v) is 3.33. The van der Waals surface area contributed by atoms with E-state index in [2.05, 4.69) is 29.7 Å². The highest BCUT2D eigenvalue weighted by Gasteiger charge is 2.04. The van der Waals surface area contributed by atoms with Gasteiger partial charge in [0, 0.05) is 25.3 Å². The quantitative estimate of drug-likeness (QED) is 0.623. The summed E-state index contributed by atoms with van der Waals surface area (Å²) in [6, 6.07) is 17.7. The maximum atomic E-state index is 9.86. The normalized spacial score (nSPS) is 11.9. The van der Waals surface area contributed by atoms with Gasteiger partial charge in [-0.25, -0.2) is 0 Å². The van der Waals surface area contributed by atoms with Crippen molar-refractivity contribution in [3.8, 4) is 5.75 Å². The van der Waals surface area contributed by atoms with Crippen LogP contribution in [-0.4, -0.2) is 37.5 Å². The zero-order valence-electron chi connectivity index (χ0n) is 13.0. The predicted octanol–water partition coefficient (Wildman–Crippen LogP) is 2.44. The van der Waals surface area contributed by atoms with Crippen molar-refractivity contribution in [2.45, 2.75) is 13.0 Å². The predicted molar refractivity (Wildman–Crippen MR) is 90.5 cm³/mol. The molecule has 3 N–H and O–H groups in total. The standard InChI is InChI=1S/C18H24N2O2/c1-15-7-5-6-10-18(15)20-12-11-19-13-16(21)14-22-17-8-3-2-4-9-17/h2-10,16,19-21H,11-14H2,1H3. The fourth-order valence-electron chi connectivity index (χ4n) is 2.09. The number of aliphatic hydroxyl groups excluding tert-OH is 1. The summed E-state index contributed by atoms with van der Waals surface area (Å²) in [7, 11) is 0. The second-order valence-electron chi connectivity index (χ2n) is 5.22. The van der Waals surface area contributed by atoms with Crippen molar-refractivity contribution in [2.24, 2.45) is 0 Å². The van der Waals surface area contributed by atoms with Crippen LogP contribution in [-0.2, 0) is 0 Å². The highest BCUT2D eigenvalue weighted by Crippen LogP contribution is 2.12. The van der Waals surface area contributed by atoms with Gasteiger partial charge in [0.05, 0.1) is 0 Å². The van der Waals surface area contributed by atoms with E-state index in [-0.39, 0.29) is 0 Å². The fourth-order valence-corrected chi connectivity index (χ4v) is 2.09. The molecule has 4 nitrogen and oxygen atoms in total. The summed E-state index contributed by atoms with van der Waals surface area (Å²) in [6.45, 7) is 4.50. The Kier molecular flexibility index (Phi) is 6.74. The average molecular weight is 300 g/mol. The van der Waals surface area contributed by atoms with Gasteiger partial charge in [-0.3, -0.25) is 0 Å². The highest BCUT2D eigenvalue weighted by molar-refractivity contribution is 5.50. The van der Waals surface area contributed by atoms with Gasteiger partial charge in [-0.05, 0) is 30.7 Å². The number of benzene rings is 2. The fraction of sp³-hybridized carbons (Fsp3) is 0.333. The zero-order valence-corrected chi connectivity index (χ0v) is 13.0. The van der Waals surface area contributed by atoms with Gasteiger partial charge in [0.1, 0.15) is 18.5 Å². The summed E-state index contributed by atoms with van der Waals surface area (Å²) in [5.74, 6) is 0.780. The summed E-state index contributed by atoms with van der Waals surface area (Å²) in [4.78, 5) is 0. The van der Waals surface area contributed by atoms with Crippen LogP contribution >= 0.6 is 0 Å². The molecular formula is C18H24N2O2. The van der Waals surface area contributed by atoms with Gasteiger partial charge in [-0.2, -0.15) is 0 Å². The number of ether oxygens (including phenoxy) is 1. The Morgan fingerprint density at radius 1 is 1.00 bits per heavy atom. The first-order valence-corrected chi connectivity index (χ1v) is 7.62. The number of rotatable bonds is 9. The largest absolute Gasteiger partial charge is 0.491 e. The first-order valence-electron chi connectivity index (χ1n) is 7.62. The van der Waals surface area contributed by atoms with Crippen LogP contribution in [0.3, 0.4) is 0 Å². The number of nitrogens with one attached hydrogen (secondary N) is 2. The second kappa shape index (κ2) is 9.07. The van der Waals surface area contributed by atoms with Crippen LogP contribution in [0.1, 0.15) is 5.56 Å². The van der Waals surface area contributed by atoms with Crippen LogP contribution in [0, 0.1) is 6.92 Å². The van der Waals surface area contributed by atoms with Crippen LogP contribution in [0.25, 0.3) is 0 Å². The number of aliphatic hydroxyl groups is 1. The first-order chi connectivity index (χ1) is 10.8. The third-order valence-electron chi connectivity index (χ3n) is 3.33. The maximum Gasteiger partial charge on any atom is 0.119 e. The van der Waals surface area contributed by atoms with Crippen LogP contribution in [0.2, 0.25) is 0 Å². The molecule has 1 atom stereocenters. The molecule has 0 heterocycles. The SMILES string of the molecule is Cc1ccccc1NCCNCC(O)COc1ccccc1. The minimum Gasteiger partial charge on any atom is -0.491 e. The van der Waals surface area contributed by atoms with E-state index in [9.17, 15) is 5.11 Å². The molecule has 0 radical (unpaired) electrons. The molecule has 4 heteroatoms. The minimum atomic E-state index is -0.515. The first kappa shape index (κ1) is 16.3. The molecule has 0 amide bonds. The molecule has 0 saturated heterocycles. The average Bonchev–Trinajstić information content (AvgIpc) is 2.55. The molecule has 0 aliphatic heterocycles. The van der Waals surface area contributed by atoms with Crippen molar-refractivity contribution >= 4 is 5.69 Å². The molecule has 0 fully saturated rings. The van der Waals surface area contributed by atoms with Gasteiger partial charge < -0.3 is 20.5 Å². The number of para-hydroxylation sites is 2. The third kappa shape index (κ3) is 5.76. The van der Waals surface area contributed by atoms with Gasteiger partial charge >= 0.3 is 0 Å². The summed E-state index contributed by atoms with van der Waals surface area (Å²) < 4.78 is 5.50. The zero-order chi connectivity index (χ0) is 15.6. The summed E-state index contributed by atoms with van der Waals surface area (Å²) in [6.07, 6.45) is -0.515. The van der Waals surface area contributed by atoms with E-state index in [1.54, 1.807) is 0 Å². The molecule has 0 spiro atoms. The molecule has 22 heavy (non-hydrogen) atoms. The van der Waals surface area contributed by atoms with Crippen LogP contribution in [0.15, 0.2) is 54.6 Å². The van der Waals surface area contributed by atoms with E-state index in [1.807, 2.05) is 42.5 Å². The van der Waals surface area contributed by atoms with Crippen molar-refractivity contribution in [1.82, 2.24) is 5.32 Å². The van der Waals surface area contributed by atoms with Crippen LogP contribution in [0.4, 0.5) is 5.69 Å². The van der Waals surface area contributed by atoms with Crippen LogP contribution < -0.4 is 15.4 Å². The molecule has 0 aliphatic carbocycles. The smallest absolute Gasteiger partial charge is 0.119 e. The summed E-state index contributed by atoms with van der Waals surface area (Å²) in [5.41, 5.74) is 2.39. The van der Waals surface area contributed by atoms with Crippen molar-refractivity contribution in [3.05, 3.63) is 60.2 Å². The molecule has 0 saturated carbocycles. The number of hydrogen-bond acceptors (Lipinski definition) is 4. The molecule has 2 aromatic carbocycles. The monoisotopic (exact) mass is 300 g/mol. The minimum absolute atomic E-state index is 0.294. The lowest BCUT2D eigenvalue weighted by molar-refractivity contribution is 0.107. The Bertz CT molecular complexity index is 546. The van der Waals surface area contributed by atoms with Gasteiger partial charge in [0.2, 0.25) is 0 Å². The van der Waals surface area contributed by atoms with Crippen molar-refractivity contribution in [2.75, 3.05) is 31.6 Å². The number of anilines is 1. The molecule has 2 rings (SSSR count). The van der Waals surface area contributed by atoms with Crippen molar-refractivity contribution in [3.63, 3.8) is 0 Å². The van der Waals surface area contributed by atoms with E-state index in [0.29, 0.717) is 13.2 Å². The Morgan fingerprint density at radius 2 is 1.73 bits per heavy atom. The second-order valence-corrected chi connectivity index (χ2v) is 5.22. The van der Waals surface area contributed by atoms with Gasteiger partial charge in [0.25, 0.3) is 0 Å². The molecule has 0 aliphatic rings. The van der Waals surface area contributed by atoms with E-state index < -0.39 is 6.10 Å². The van der Waals surface area contributed by atoms with Crippen LogP contribution in [0.5, 0.6) is 5.75 Å². The molecular weight excluding hydrogens is 276 g/mol. The van der Waals surface area contributed by atoms with Gasteiger partial charge in [-0.1, -0.05) is 36.4 Å². The molecule has 0 aromatic heterocycles. The molecule has 0 bridgehead atoms. The van der Waals surface area contributed by atoms with Gasteiger partial charge in [0.15, 0.2) is 0 Å². The molecule has 2 aromatic rings. The number of hydrogen-bond donors (Lipinski definition) is 3. The Labute approximate surface area is 132 Å². The summed E-state index contributed by atoms with van der Waals surface area (Å²) in [5, 5.41) is 16.5. The Morgan fingerprint density at radius 3 is 2.50 bits per heavy atom. The summed E-state index contributed by atoms with van der Waals surface area (Å²) >= 11 is 0. The van der Waals surface area contributed by atoms with Gasteiger partial charge in [-0.15, -0.1) is 0 Å². The topological polar surface area (TPSA) is 53.5 Å². The van der Waals surface area contributed by atoms with E-state index in [4.69, 9.17) is 4.74 Å². The lowest BCUT2D eigenvalue weighted by Gasteiger charge is -2.14. The van der Waals surface area contributed by atoms with Crippen molar-refractivity contribution < 1.29 is 9.84 Å². The lowest BCUT2D eigenvalue weighted by Crippen LogP contribution is -2.34. The van der Waals surface area contributed by atoms with E-state index in [0.717, 1.165) is 24.5 Å². The molecule has 118 valence electrons. The Hall–Kier alpha value is -2.04. The Balaban J connectivity index is 1.56. The lowest BCUT2D eigenvalue weighted by atomic mass is 10.2. The highest BCUT2D eigenvalue weighted by atomic mass is 16.5. The number of aryl methyl sites for hydroxylation is 1. The molecule has 1 unspecified atom stereocenters. The maximum absolute atomic E-state index is 9.86. The van der Waals surface area contributed by atoms with E-state index in [1.165, 1.54) is 5.56 Å².